The van der Waals surface area contributed by atoms with E-state index in [0.29, 0.717) is 17.3 Å². The van der Waals surface area contributed by atoms with Gasteiger partial charge in [0.25, 0.3) is 5.91 Å². The van der Waals surface area contributed by atoms with E-state index in [4.69, 9.17) is 0 Å². The van der Waals surface area contributed by atoms with Gasteiger partial charge >= 0.3 is 0 Å². The van der Waals surface area contributed by atoms with Crippen molar-refractivity contribution < 1.29 is 18.0 Å². The van der Waals surface area contributed by atoms with E-state index in [1.165, 1.54) is 21.9 Å². The molecular weight excluding hydrogens is 400 g/mol. The quantitative estimate of drug-likeness (QED) is 0.759. The van der Waals surface area contributed by atoms with Gasteiger partial charge in [-0.3, -0.25) is 9.59 Å². The minimum atomic E-state index is -3.15. The average Bonchev–Trinajstić information content (AvgIpc) is 3.28. The van der Waals surface area contributed by atoms with Crippen molar-refractivity contribution in [1.82, 2.24) is 9.99 Å². The Morgan fingerprint density at radius 1 is 1.39 bits per heavy atom. The maximum absolute atomic E-state index is 12.7. The molecule has 0 saturated carbocycles. The molecule has 1 aromatic heterocycles. The highest BCUT2D eigenvalue weighted by atomic mass is 32.2. The van der Waals surface area contributed by atoms with Crippen LogP contribution in [0.25, 0.3) is 10.2 Å². The molecule has 0 unspecified atom stereocenters. The number of hydrogen-bond donors (Lipinski definition) is 1. The molecule has 0 bridgehead atoms. The molecule has 0 aliphatic carbocycles. The highest BCUT2D eigenvalue weighted by molar-refractivity contribution is 7.91. The normalized spacial score (nSPS) is 24.0. The number of amides is 2. The lowest BCUT2D eigenvalue weighted by Crippen LogP contribution is -2.40. The first-order valence-electron chi connectivity index (χ1n) is 9.06. The Kier molecular flexibility index (Phi) is 4.70. The highest BCUT2D eigenvalue weighted by Gasteiger charge is 2.45. The molecule has 2 aliphatic rings. The van der Waals surface area contributed by atoms with Gasteiger partial charge in [-0.2, -0.15) is 5.10 Å². The van der Waals surface area contributed by atoms with Crippen LogP contribution in [0.15, 0.2) is 23.3 Å². The monoisotopic (exact) mass is 420 g/mol. The number of rotatable bonds is 4. The van der Waals surface area contributed by atoms with Gasteiger partial charge in [-0.25, -0.2) is 18.4 Å². The number of anilines is 1. The molecule has 1 aromatic carbocycles. The number of hydrazone groups is 1. The van der Waals surface area contributed by atoms with Crippen LogP contribution >= 0.6 is 11.3 Å². The lowest BCUT2D eigenvalue weighted by atomic mass is 10.0. The van der Waals surface area contributed by atoms with E-state index in [0.717, 1.165) is 16.6 Å². The van der Waals surface area contributed by atoms with Crippen LogP contribution < -0.4 is 5.32 Å². The molecule has 1 saturated heterocycles. The van der Waals surface area contributed by atoms with Gasteiger partial charge in [0.15, 0.2) is 20.9 Å². The smallest absolute Gasteiger partial charge is 0.261 e. The van der Waals surface area contributed by atoms with Crippen molar-refractivity contribution in [2.24, 2.45) is 11.0 Å². The van der Waals surface area contributed by atoms with Crippen LogP contribution in [-0.4, -0.2) is 53.5 Å². The minimum absolute atomic E-state index is 0.0400. The number of carbonyl (C=O) groups is 2. The van der Waals surface area contributed by atoms with E-state index in [1.54, 1.807) is 6.92 Å². The summed E-state index contributed by atoms with van der Waals surface area (Å²) in [7, 11) is -3.15. The average molecular weight is 421 g/mol. The molecule has 148 valence electrons. The summed E-state index contributed by atoms with van der Waals surface area (Å²) in [6, 6.07) is 5.45. The standard InChI is InChI=1S/C18H20N4O4S2/c1-3-11-4-5-13-14(8-11)27-18(19-13)20-16(23)15-10(2)21-22(17(15)24)12-6-7-28(25,26)9-12/h4-5,8,12,15H,3,6-7,9H2,1-2H3,(H,19,20,23)/t12-,15-/m0/s1. The van der Waals surface area contributed by atoms with Crippen molar-refractivity contribution in [3.63, 3.8) is 0 Å². The van der Waals surface area contributed by atoms with Crippen molar-refractivity contribution >= 4 is 54.0 Å². The third-order valence-electron chi connectivity index (χ3n) is 5.06. The van der Waals surface area contributed by atoms with Crippen LogP contribution in [0.1, 0.15) is 25.8 Å². The molecule has 1 N–H and O–H groups in total. The van der Waals surface area contributed by atoms with Gasteiger partial charge in [0, 0.05) is 0 Å². The number of benzene rings is 1. The van der Waals surface area contributed by atoms with Crippen molar-refractivity contribution in [1.29, 1.82) is 0 Å². The largest absolute Gasteiger partial charge is 0.301 e. The lowest BCUT2D eigenvalue weighted by Gasteiger charge is -2.19. The van der Waals surface area contributed by atoms with Crippen LogP contribution in [0.3, 0.4) is 0 Å². The number of thiazole rings is 1. The minimum Gasteiger partial charge on any atom is -0.301 e. The molecule has 2 aliphatic heterocycles. The SMILES string of the molecule is CCc1ccc2nc(NC(=O)[C@H]3C(=O)N([C@H]4CCS(=O)(=O)C4)N=C3C)sc2c1. The topological polar surface area (TPSA) is 109 Å². The molecule has 28 heavy (non-hydrogen) atoms. The van der Waals surface area contributed by atoms with E-state index in [2.05, 4.69) is 22.3 Å². The number of hydrogen-bond acceptors (Lipinski definition) is 7. The first kappa shape index (κ1) is 19.0. The van der Waals surface area contributed by atoms with Crippen molar-refractivity contribution in [3.8, 4) is 0 Å². The molecule has 4 rings (SSSR count). The number of aromatic nitrogens is 1. The number of nitrogens with zero attached hydrogens (tertiary/aromatic N) is 3. The lowest BCUT2D eigenvalue weighted by molar-refractivity contribution is -0.137. The Hall–Kier alpha value is -2.33. The first-order chi connectivity index (χ1) is 13.3. The summed E-state index contributed by atoms with van der Waals surface area (Å²) in [6.45, 7) is 3.68. The molecule has 2 atom stereocenters. The van der Waals surface area contributed by atoms with Gasteiger partial charge in [-0.15, -0.1) is 0 Å². The zero-order chi connectivity index (χ0) is 20.1. The Balaban J connectivity index is 1.51. The van der Waals surface area contributed by atoms with Crippen LogP contribution in [0, 0.1) is 5.92 Å². The summed E-state index contributed by atoms with van der Waals surface area (Å²) < 4.78 is 24.4. The van der Waals surface area contributed by atoms with E-state index in [9.17, 15) is 18.0 Å². The van der Waals surface area contributed by atoms with E-state index >= 15 is 0 Å². The zero-order valence-corrected chi connectivity index (χ0v) is 17.1. The van der Waals surface area contributed by atoms with Gasteiger partial charge in [0.2, 0.25) is 5.91 Å². The Morgan fingerprint density at radius 2 is 2.18 bits per heavy atom. The van der Waals surface area contributed by atoms with Crippen molar-refractivity contribution in [2.75, 3.05) is 16.8 Å². The number of nitrogens with one attached hydrogen (secondary N) is 1. The summed E-state index contributed by atoms with van der Waals surface area (Å²) in [4.78, 5) is 29.9. The highest BCUT2D eigenvalue weighted by Crippen LogP contribution is 2.29. The maximum atomic E-state index is 12.7. The second kappa shape index (κ2) is 6.93. The van der Waals surface area contributed by atoms with E-state index in [1.807, 2.05) is 18.2 Å². The Bertz CT molecular complexity index is 1110. The Labute approximate surface area is 166 Å². The molecule has 2 aromatic rings. The molecule has 3 heterocycles. The zero-order valence-electron chi connectivity index (χ0n) is 15.5. The molecule has 10 heteroatoms. The van der Waals surface area contributed by atoms with Crippen LogP contribution in [0.4, 0.5) is 5.13 Å². The van der Waals surface area contributed by atoms with Crippen LogP contribution in [-0.2, 0) is 25.8 Å². The summed E-state index contributed by atoms with van der Waals surface area (Å²) in [5, 5.41) is 8.51. The number of fused-ring (bicyclic) bond motifs is 1. The van der Waals surface area contributed by atoms with Crippen LogP contribution in [0.5, 0.6) is 0 Å². The number of sulfone groups is 1. The summed E-state index contributed by atoms with van der Waals surface area (Å²) in [5.74, 6) is -2.10. The molecule has 8 nitrogen and oxygen atoms in total. The summed E-state index contributed by atoms with van der Waals surface area (Å²) in [6.07, 6.45) is 1.26. The third kappa shape index (κ3) is 3.42. The first-order valence-corrected chi connectivity index (χ1v) is 11.7. The van der Waals surface area contributed by atoms with Gasteiger partial charge in [0.1, 0.15) is 0 Å². The van der Waals surface area contributed by atoms with Crippen LogP contribution in [0.2, 0.25) is 0 Å². The van der Waals surface area contributed by atoms with Gasteiger partial charge in [-0.1, -0.05) is 24.3 Å². The van der Waals surface area contributed by atoms with Gasteiger partial charge in [0.05, 0.1) is 33.5 Å². The predicted octanol–water partition coefficient (Wildman–Crippen LogP) is 1.82. The van der Waals surface area contributed by atoms with E-state index in [-0.39, 0.29) is 11.5 Å². The second-order valence-electron chi connectivity index (χ2n) is 7.08. The number of aryl methyl sites for hydroxylation is 1. The third-order valence-corrected chi connectivity index (χ3v) is 7.75. The molecule has 2 amide bonds. The van der Waals surface area contributed by atoms with Crippen molar-refractivity contribution in [2.45, 2.75) is 32.7 Å². The molecule has 0 radical (unpaired) electrons. The van der Waals surface area contributed by atoms with Crippen molar-refractivity contribution in [3.05, 3.63) is 23.8 Å². The maximum Gasteiger partial charge on any atom is 0.261 e. The van der Waals surface area contributed by atoms with Gasteiger partial charge < -0.3 is 5.32 Å². The fourth-order valence-electron chi connectivity index (χ4n) is 3.54. The number of carbonyl (C=O) groups excluding carboxylic acids is 2. The Morgan fingerprint density at radius 3 is 2.86 bits per heavy atom. The summed E-state index contributed by atoms with van der Waals surface area (Å²) in [5.41, 5.74) is 2.34. The summed E-state index contributed by atoms with van der Waals surface area (Å²) >= 11 is 1.36. The van der Waals surface area contributed by atoms with Gasteiger partial charge in [-0.05, 0) is 37.5 Å². The fourth-order valence-corrected chi connectivity index (χ4v) is 6.16. The van der Waals surface area contributed by atoms with E-state index < -0.39 is 33.6 Å². The molecular formula is C18H20N4O4S2. The second-order valence-corrected chi connectivity index (χ2v) is 10.3. The predicted molar refractivity (Wildman–Crippen MR) is 108 cm³/mol. The molecule has 0 spiro atoms. The fraction of sp³-hybridized carbons (Fsp3) is 0.444. The molecule has 1 fully saturated rings.